The summed E-state index contributed by atoms with van der Waals surface area (Å²) >= 11 is 0. The van der Waals surface area contributed by atoms with Crippen molar-refractivity contribution in [2.24, 2.45) is 11.8 Å². The van der Waals surface area contributed by atoms with Gasteiger partial charge in [-0.25, -0.2) is 19.4 Å². The summed E-state index contributed by atoms with van der Waals surface area (Å²) in [5.41, 5.74) is 8.87. The molecule has 0 bridgehead atoms. The molecule has 40 heavy (non-hydrogen) atoms. The molecule has 1 amide bonds. The van der Waals surface area contributed by atoms with Crippen molar-refractivity contribution in [3.05, 3.63) is 60.9 Å². The number of aromatic nitrogens is 4. The third-order valence-electron chi connectivity index (χ3n) is 8.98. The molecule has 1 aliphatic carbocycles. The number of carbonyl (C=O) groups is 1. The molecule has 3 aliphatic rings. The minimum absolute atomic E-state index is 0.228. The summed E-state index contributed by atoms with van der Waals surface area (Å²) in [5, 5.41) is 15.2. The highest BCUT2D eigenvalue weighted by molar-refractivity contribution is 5.98. The maximum absolute atomic E-state index is 11.4. The zero-order valence-corrected chi connectivity index (χ0v) is 22.3. The average molecular weight is 540 g/mol. The smallest absolute Gasteiger partial charge is 0.407 e. The summed E-state index contributed by atoms with van der Waals surface area (Å²) in [5.74, 6) is 2.97. The molecule has 0 radical (unpaired) electrons. The van der Waals surface area contributed by atoms with Gasteiger partial charge in [0.1, 0.15) is 29.3 Å². The van der Waals surface area contributed by atoms with Gasteiger partial charge in [-0.1, -0.05) is 18.2 Å². The average Bonchev–Trinajstić information content (AvgIpc) is 3.67. The van der Waals surface area contributed by atoms with E-state index in [0.717, 1.165) is 72.6 Å². The van der Waals surface area contributed by atoms with Crippen molar-refractivity contribution in [1.82, 2.24) is 29.5 Å². The SMILES string of the molecule is Nc1ncnc2c1c(-c1ccc(Oc3ccccc3)cc1)nn2C1CCN(C2C[C@@H]3CN(C(=O)O)C[C@H]3C2)CC1. The molecular formula is C30H33N7O3. The lowest BCUT2D eigenvalue weighted by molar-refractivity contribution is 0.121. The van der Waals surface area contributed by atoms with Crippen LogP contribution < -0.4 is 10.5 Å². The predicted octanol–water partition coefficient (Wildman–Crippen LogP) is 4.89. The number of carboxylic acid groups (broad SMARTS) is 1. The number of para-hydroxylation sites is 1. The number of ether oxygens (including phenoxy) is 1. The van der Waals surface area contributed by atoms with Crippen LogP contribution in [0.4, 0.5) is 10.6 Å². The Morgan fingerprint density at radius 1 is 0.900 bits per heavy atom. The van der Waals surface area contributed by atoms with Crippen molar-refractivity contribution in [3.63, 3.8) is 0 Å². The third kappa shape index (κ3) is 4.52. The van der Waals surface area contributed by atoms with Crippen molar-refractivity contribution in [2.45, 2.75) is 37.8 Å². The molecule has 4 aromatic rings. The number of amides is 1. The molecule has 2 atom stereocenters. The first-order valence-corrected chi connectivity index (χ1v) is 14.1. The number of anilines is 1. The summed E-state index contributed by atoms with van der Waals surface area (Å²) in [6.07, 6.45) is 4.90. The molecule has 2 aromatic heterocycles. The van der Waals surface area contributed by atoms with Crippen LogP contribution in [0.1, 0.15) is 31.7 Å². The number of benzene rings is 2. The number of likely N-dealkylation sites (tertiary alicyclic amines) is 2. The van der Waals surface area contributed by atoms with Gasteiger partial charge in [0.2, 0.25) is 0 Å². The van der Waals surface area contributed by atoms with Crippen LogP contribution in [0.2, 0.25) is 0 Å². The van der Waals surface area contributed by atoms with Gasteiger partial charge in [0.25, 0.3) is 0 Å². The Morgan fingerprint density at radius 3 is 2.25 bits per heavy atom. The second-order valence-corrected chi connectivity index (χ2v) is 11.3. The van der Waals surface area contributed by atoms with Crippen LogP contribution in [0.3, 0.4) is 0 Å². The molecule has 0 spiro atoms. The Morgan fingerprint density at radius 2 is 1.57 bits per heavy atom. The van der Waals surface area contributed by atoms with Crippen LogP contribution >= 0.6 is 0 Å². The standard InChI is InChI=1S/C30H33N7O3/c31-28-26-27(19-6-8-25(9-7-19)40-24-4-2-1-3-5-24)34-37(29(26)33-18-32-28)22-10-12-35(13-11-22)23-14-20-16-36(30(38)39)17-21(20)15-23/h1-9,18,20-23H,10-17H2,(H,38,39)(H2,31,32,33)/t20-,21-/m1/s1. The van der Waals surface area contributed by atoms with Crippen molar-refractivity contribution in [3.8, 4) is 22.8 Å². The largest absolute Gasteiger partial charge is 0.465 e. The lowest BCUT2D eigenvalue weighted by Gasteiger charge is -2.36. The quantitative estimate of drug-likeness (QED) is 0.367. The van der Waals surface area contributed by atoms with E-state index in [4.69, 9.17) is 15.6 Å². The molecule has 2 aliphatic heterocycles. The predicted molar refractivity (Wildman–Crippen MR) is 151 cm³/mol. The molecule has 7 rings (SSSR count). The normalized spacial score (nSPS) is 22.1. The zero-order chi connectivity index (χ0) is 27.2. The Balaban J connectivity index is 1.07. The van der Waals surface area contributed by atoms with Crippen molar-refractivity contribution in [1.29, 1.82) is 0 Å². The molecule has 4 heterocycles. The van der Waals surface area contributed by atoms with Gasteiger partial charge in [0.15, 0.2) is 5.65 Å². The number of nitrogen functional groups attached to an aromatic ring is 1. The number of rotatable bonds is 5. The summed E-state index contributed by atoms with van der Waals surface area (Å²) in [6.45, 7) is 3.38. The molecule has 3 fully saturated rings. The fraction of sp³-hybridized carbons (Fsp3) is 0.400. The summed E-state index contributed by atoms with van der Waals surface area (Å²) < 4.78 is 8.02. The molecule has 10 nitrogen and oxygen atoms in total. The van der Waals surface area contributed by atoms with E-state index in [-0.39, 0.29) is 6.04 Å². The number of nitrogens with two attached hydrogens (primary N) is 1. The van der Waals surface area contributed by atoms with Crippen LogP contribution in [0, 0.1) is 11.8 Å². The number of hydrogen-bond acceptors (Lipinski definition) is 7. The minimum Gasteiger partial charge on any atom is -0.465 e. The summed E-state index contributed by atoms with van der Waals surface area (Å²) in [7, 11) is 0. The highest BCUT2D eigenvalue weighted by Gasteiger charge is 2.44. The van der Waals surface area contributed by atoms with Gasteiger partial charge in [-0.3, -0.25) is 0 Å². The van der Waals surface area contributed by atoms with Crippen LogP contribution in [0.25, 0.3) is 22.3 Å². The first kappa shape index (κ1) is 24.8. The molecule has 10 heteroatoms. The van der Waals surface area contributed by atoms with Gasteiger partial charge in [-0.15, -0.1) is 0 Å². The van der Waals surface area contributed by atoms with Crippen molar-refractivity contribution < 1.29 is 14.6 Å². The monoisotopic (exact) mass is 539 g/mol. The van der Waals surface area contributed by atoms with E-state index in [1.165, 1.54) is 6.33 Å². The van der Waals surface area contributed by atoms with Gasteiger partial charge >= 0.3 is 6.09 Å². The molecule has 2 aromatic carbocycles. The fourth-order valence-electron chi connectivity index (χ4n) is 6.98. The number of nitrogens with zero attached hydrogens (tertiary/aromatic N) is 6. The molecule has 3 N–H and O–H groups in total. The second-order valence-electron chi connectivity index (χ2n) is 11.3. The first-order chi connectivity index (χ1) is 19.5. The Labute approximate surface area is 232 Å². The molecule has 2 saturated heterocycles. The third-order valence-corrected chi connectivity index (χ3v) is 8.98. The maximum atomic E-state index is 11.4. The topological polar surface area (TPSA) is 123 Å². The van der Waals surface area contributed by atoms with Gasteiger partial charge in [0.05, 0.1) is 11.4 Å². The van der Waals surface area contributed by atoms with E-state index in [1.807, 2.05) is 54.6 Å². The molecule has 1 saturated carbocycles. The van der Waals surface area contributed by atoms with Crippen molar-refractivity contribution >= 4 is 22.9 Å². The summed E-state index contributed by atoms with van der Waals surface area (Å²) in [4.78, 5) is 24.5. The number of piperidine rings is 1. The molecular weight excluding hydrogens is 506 g/mol. The summed E-state index contributed by atoms with van der Waals surface area (Å²) in [6, 6.07) is 18.4. The van der Waals surface area contributed by atoms with Gasteiger partial charge in [0, 0.05) is 37.8 Å². The maximum Gasteiger partial charge on any atom is 0.407 e. The van der Waals surface area contributed by atoms with E-state index in [9.17, 15) is 9.90 Å². The van der Waals surface area contributed by atoms with Gasteiger partial charge in [-0.2, -0.15) is 5.10 Å². The molecule has 206 valence electrons. The zero-order valence-electron chi connectivity index (χ0n) is 22.3. The minimum atomic E-state index is -0.779. The van der Waals surface area contributed by atoms with Crippen LogP contribution in [-0.2, 0) is 0 Å². The molecule has 0 unspecified atom stereocenters. The van der Waals surface area contributed by atoms with Gasteiger partial charge < -0.3 is 25.4 Å². The van der Waals surface area contributed by atoms with Crippen molar-refractivity contribution in [2.75, 3.05) is 31.9 Å². The lowest BCUT2D eigenvalue weighted by Crippen LogP contribution is -2.42. The van der Waals surface area contributed by atoms with E-state index >= 15 is 0 Å². The van der Waals surface area contributed by atoms with E-state index in [2.05, 4.69) is 19.5 Å². The van der Waals surface area contributed by atoms with Crippen LogP contribution in [-0.4, -0.2) is 73.0 Å². The highest BCUT2D eigenvalue weighted by Crippen LogP contribution is 2.42. The van der Waals surface area contributed by atoms with E-state index in [1.54, 1.807) is 4.90 Å². The lowest BCUT2D eigenvalue weighted by atomic mass is 10.0. The Kier molecular flexibility index (Phi) is 6.27. The number of hydrogen-bond donors (Lipinski definition) is 2. The van der Waals surface area contributed by atoms with Gasteiger partial charge in [-0.05, 0) is 73.9 Å². The van der Waals surface area contributed by atoms with E-state index < -0.39 is 6.09 Å². The van der Waals surface area contributed by atoms with Crippen LogP contribution in [0.5, 0.6) is 11.5 Å². The Hall–Kier alpha value is -4.18. The van der Waals surface area contributed by atoms with E-state index in [0.29, 0.717) is 36.8 Å². The highest BCUT2D eigenvalue weighted by atomic mass is 16.5. The second kappa shape index (κ2) is 10.1. The fourth-order valence-corrected chi connectivity index (χ4v) is 6.98. The first-order valence-electron chi connectivity index (χ1n) is 14.1. The Bertz CT molecular complexity index is 1500. The van der Waals surface area contributed by atoms with Crippen LogP contribution in [0.15, 0.2) is 60.9 Å². The number of fused-ring (bicyclic) bond motifs is 2.